The van der Waals surface area contributed by atoms with Crippen molar-refractivity contribution in [3.63, 3.8) is 0 Å². The third kappa shape index (κ3) is 6.73. The molecule has 0 aliphatic carbocycles. The molecule has 228 valence electrons. The standard InChI is InChI=1S/C33H41ClN6O3/c1-3-25-22-39(33(42)27-11-10-24(34)21-30(27)38-16-5-6-17-38)18-19-40(25)29-12-9-23(20-28(29)31(41)36-15-13-35)26-8-7-14-37-32(26)43-4-2/h7-12,14,20-21,25H,3-6,13,15-19,22,35H2,1-2H3,(H,36,41)/t25-/m1/s1. The highest BCUT2D eigenvalue weighted by molar-refractivity contribution is 6.31. The predicted octanol–water partition coefficient (Wildman–Crippen LogP) is 4.83. The van der Waals surface area contributed by atoms with Crippen LogP contribution in [0.2, 0.25) is 5.02 Å². The van der Waals surface area contributed by atoms with Crippen LogP contribution in [0.3, 0.4) is 0 Å². The minimum Gasteiger partial charge on any atom is -0.478 e. The van der Waals surface area contributed by atoms with Crippen LogP contribution in [-0.2, 0) is 0 Å². The van der Waals surface area contributed by atoms with E-state index < -0.39 is 0 Å². The Morgan fingerprint density at radius 2 is 1.84 bits per heavy atom. The number of nitrogens with two attached hydrogens (primary N) is 1. The van der Waals surface area contributed by atoms with Crippen molar-refractivity contribution in [3.8, 4) is 17.0 Å². The van der Waals surface area contributed by atoms with Gasteiger partial charge in [-0.05, 0) is 74.2 Å². The van der Waals surface area contributed by atoms with Crippen molar-refractivity contribution >= 4 is 34.8 Å². The number of benzene rings is 2. The van der Waals surface area contributed by atoms with Gasteiger partial charge in [0.25, 0.3) is 11.8 Å². The second-order valence-electron chi connectivity index (χ2n) is 10.9. The SMILES string of the molecule is CCOc1ncccc1-c1ccc(N2CCN(C(=O)c3ccc(Cl)cc3N3CCCC3)C[C@H]2CC)c(C(=O)NCCN)c1. The van der Waals surface area contributed by atoms with Gasteiger partial charge in [0.2, 0.25) is 5.88 Å². The Morgan fingerprint density at radius 1 is 1.02 bits per heavy atom. The van der Waals surface area contributed by atoms with E-state index in [9.17, 15) is 9.59 Å². The van der Waals surface area contributed by atoms with E-state index in [1.807, 2.05) is 54.3 Å². The number of nitrogens with one attached hydrogen (secondary N) is 1. The van der Waals surface area contributed by atoms with Crippen molar-refractivity contribution in [2.45, 2.75) is 39.2 Å². The van der Waals surface area contributed by atoms with E-state index in [4.69, 9.17) is 22.1 Å². The lowest BCUT2D eigenvalue weighted by Crippen LogP contribution is -2.55. The van der Waals surface area contributed by atoms with Crippen LogP contribution in [-0.4, -0.2) is 80.2 Å². The van der Waals surface area contributed by atoms with E-state index in [2.05, 4.69) is 27.0 Å². The van der Waals surface area contributed by atoms with E-state index in [-0.39, 0.29) is 17.9 Å². The lowest BCUT2D eigenvalue weighted by Gasteiger charge is -2.43. The predicted molar refractivity (Wildman–Crippen MR) is 172 cm³/mol. The first-order valence-electron chi connectivity index (χ1n) is 15.3. The number of aromatic nitrogens is 1. The van der Waals surface area contributed by atoms with Crippen LogP contribution in [0.1, 0.15) is 53.8 Å². The van der Waals surface area contributed by atoms with Crippen LogP contribution in [0.5, 0.6) is 5.88 Å². The van der Waals surface area contributed by atoms with Gasteiger partial charge in [-0.15, -0.1) is 0 Å². The Labute approximate surface area is 259 Å². The van der Waals surface area contributed by atoms with Gasteiger partial charge in [-0.3, -0.25) is 9.59 Å². The monoisotopic (exact) mass is 604 g/mol. The minimum atomic E-state index is -0.186. The number of anilines is 2. The Hall–Kier alpha value is -3.82. The topological polar surface area (TPSA) is 104 Å². The van der Waals surface area contributed by atoms with Crippen LogP contribution in [0.25, 0.3) is 11.1 Å². The highest BCUT2D eigenvalue weighted by Crippen LogP contribution is 2.35. The molecule has 9 nitrogen and oxygen atoms in total. The van der Waals surface area contributed by atoms with Gasteiger partial charge in [-0.1, -0.05) is 24.6 Å². The zero-order valence-corrected chi connectivity index (χ0v) is 25.8. The summed E-state index contributed by atoms with van der Waals surface area (Å²) in [7, 11) is 0. The molecule has 3 heterocycles. The second-order valence-corrected chi connectivity index (χ2v) is 11.4. The fourth-order valence-corrected chi connectivity index (χ4v) is 6.23. The number of ether oxygens (including phenoxy) is 1. The summed E-state index contributed by atoms with van der Waals surface area (Å²) in [6.45, 7) is 8.82. The van der Waals surface area contributed by atoms with Gasteiger partial charge in [-0.25, -0.2) is 4.98 Å². The zero-order chi connectivity index (χ0) is 30.3. The fourth-order valence-electron chi connectivity index (χ4n) is 6.06. The summed E-state index contributed by atoms with van der Waals surface area (Å²) in [5.74, 6) is 0.363. The average Bonchev–Trinajstić information content (AvgIpc) is 3.58. The molecular weight excluding hydrogens is 564 g/mol. The Morgan fingerprint density at radius 3 is 2.58 bits per heavy atom. The van der Waals surface area contributed by atoms with Crippen molar-refractivity contribution in [2.24, 2.45) is 5.73 Å². The van der Waals surface area contributed by atoms with Gasteiger partial charge in [0.1, 0.15) is 0 Å². The molecule has 43 heavy (non-hydrogen) atoms. The number of carbonyl (C=O) groups excluding carboxylic acids is 2. The molecule has 10 heteroatoms. The molecule has 1 aromatic heterocycles. The first-order valence-corrected chi connectivity index (χ1v) is 15.6. The molecule has 2 aliphatic rings. The van der Waals surface area contributed by atoms with E-state index in [1.165, 1.54) is 0 Å². The second kappa shape index (κ2) is 14.1. The first kappa shape index (κ1) is 30.6. The first-order chi connectivity index (χ1) is 20.9. The molecule has 0 spiro atoms. The van der Waals surface area contributed by atoms with E-state index in [1.54, 1.807) is 12.3 Å². The Balaban J connectivity index is 1.44. The molecule has 5 rings (SSSR count). The van der Waals surface area contributed by atoms with Crippen molar-refractivity contribution < 1.29 is 14.3 Å². The maximum absolute atomic E-state index is 13.9. The lowest BCUT2D eigenvalue weighted by molar-refractivity contribution is 0.0720. The van der Waals surface area contributed by atoms with Crippen LogP contribution >= 0.6 is 11.6 Å². The number of nitrogens with zero attached hydrogens (tertiary/aromatic N) is 4. The molecule has 0 radical (unpaired) electrons. The number of hydrogen-bond acceptors (Lipinski definition) is 7. The van der Waals surface area contributed by atoms with Crippen LogP contribution in [0.15, 0.2) is 54.7 Å². The summed E-state index contributed by atoms with van der Waals surface area (Å²) in [6, 6.07) is 15.3. The molecule has 2 amide bonds. The molecule has 2 fully saturated rings. The molecule has 2 saturated heterocycles. The summed E-state index contributed by atoms with van der Waals surface area (Å²) in [5, 5.41) is 3.59. The van der Waals surface area contributed by atoms with Gasteiger partial charge < -0.3 is 30.5 Å². The molecule has 0 bridgehead atoms. The fraction of sp³-hybridized carbons (Fsp3) is 0.424. The maximum Gasteiger partial charge on any atom is 0.256 e. The van der Waals surface area contributed by atoms with Crippen LogP contribution in [0, 0.1) is 0 Å². The van der Waals surface area contributed by atoms with E-state index in [0.717, 1.165) is 54.9 Å². The third-order valence-electron chi connectivity index (χ3n) is 8.22. The number of pyridine rings is 1. The summed E-state index contributed by atoms with van der Waals surface area (Å²) in [6.07, 6.45) is 4.74. The van der Waals surface area contributed by atoms with Crippen molar-refractivity contribution in [2.75, 3.05) is 62.2 Å². The van der Waals surface area contributed by atoms with Gasteiger partial charge in [0.15, 0.2) is 0 Å². The molecular formula is C33H41ClN6O3. The molecule has 0 saturated carbocycles. The lowest BCUT2D eigenvalue weighted by atomic mass is 9.99. The molecule has 1 atom stereocenters. The number of halogens is 1. The minimum absolute atomic E-state index is 0.0213. The van der Waals surface area contributed by atoms with E-state index >= 15 is 0 Å². The molecule has 3 N–H and O–H groups in total. The van der Waals surface area contributed by atoms with E-state index in [0.29, 0.717) is 61.4 Å². The van der Waals surface area contributed by atoms with Gasteiger partial charge >= 0.3 is 0 Å². The normalized spacial score (nSPS) is 16.8. The number of piperazine rings is 1. The zero-order valence-electron chi connectivity index (χ0n) is 25.0. The smallest absolute Gasteiger partial charge is 0.256 e. The van der Waals surface area contributed by atoms with Gasteiger partial charge in [0, 0.05) is 74.3 Å². The molecule has 3 aromatic rings. The average molecular weight is 605 g/mol. The highest BCUT2D eigenvalue weighted by Gasteiger charge is 2.33. The van der Waals surface area contributed by atoms with Crippen molar-refractivity contribution in [1.29, 1.82) is 0 Å². The molecule has 2 aromatic carbocycles. The number of hydrogen-bond donors (Lipinski definition) is 2. The molecule has 2 aliphatic heterocycles. The largest absolute Gasteiger partial charge is 0.478 e. The van der Waals surface area contributed by atoms with Gasteiger partial charge in [0.05, 0.1) is 23.4 Å². The van der Waals surface area contributed by atoms with Crippen molar-refractivity contribution in [3.05, 3.63) is 70.9 Å². The quantitative estimate of drug-likeness (QED) is 0.342. The summed E-state index contributed by atoms with van der Waals surface area (Å²) >= 11 is 6.36. The summed E-state index contributed by atoms with van der Waals surface area (Å²) in [4.78, 5) is 38.3. The molecule has 0 unspecified atom stereocenters. The summed E-state index contributed by atoms with van der Waals surface area (Å²) in [5.41, 5.74) is 10.4. The number of carbonyl (C=O) groups is 2. The van der Waals surface area contributed by atoms with Gasteiger partial charge in [-0.2, -0.15) is 0 Å². The van der Waals surface area contributed by atoms with Crippen LogP contribution in [0.4, 0.5) is 11.4 Å². The highest BCUT2D eigenvalue weighted by atomic mass is 35.5. The Kier molecular flexibility index (Phi) is 10.0. The Bertz CT molecular complexity index is 1440. The van der Waals surface area contributed by atoms with Crippen molar-refractivity contribution in [1.82, 2.24) is 15.2 Å². The third-order valence-corrected chi connectivity index (χ3v) is 8.46. The summed E-state index contributed by atoms with van der Waals surface area (Å²) < 4.78 is 5.77. The number of amides is 2. The van der Waals surface area contributed by atoms with Crippen LogP contribution < -0.4 is 25.6 Å². The number of rotatable bonds is 10. The maximum atomic E-state index is 13.9.